The van der Waals surface area contributed by atoms with Crippen LogP contribution in [0, 0.1) is 0 Å². The third-order valence-corrected chi connectivity index (χ3v) is 6.00. The SMILES string of the molecule is CCCOc1ccc(C2=C(SCc3ccco3)C(=O)N(c3cccc(OC)c3)C2=O)cc1. The highest BCUT2D eigenvalue weighted by Crippen LogP contribution is 2.40. The van der Waals surface area contributed by atoms with Gasteiger partial charge in [0.05, 0.1) is 41.9 Å². The van der Waals surface area contributed by atoms with Gasteiger partial charge in [-0.25, -0.2) is 4.90 Å². The van der Waals surface area contributed by atoms with Crippen molar-refractivity contribution in [3.63, 3.8) is 0 Å². The predicted octanol–water partition coefficient (Wildman–Crippen LogP) is 5.29. The van der Waals surface area contributed by atoms with Crippen molar-refractivity contribution in [2.24, 2.45) is 0 Å². The Morgan fingerprint density at radius 1 is 0.969 bits per heavy atom. The lowest BCUT2D eigenvalue weighted by Gasteiger charge is -2.16. The summed E-state index contributed by atoms with van der Waals surface area (Å²) in [4.78, 5) is 28.5. The van der Waals surface area contributed by atoms with Crippen molar-refractivity contribution in [3.05, 3.63) is 83.2 Å². The number of ether oxygens (including phenoxy) is 2. The van der Waals surface area contributed by atoms with Crippen LogP contribution >= 0.6 is 11.8 Å². The van der Waals surface area contributed by atoms with Gasteiger partial charge >= 0.3 is 0 Å². The monoisotopic (exact) mass is 449 g/mol. The number of carbonyl (C=O) groups is 2. The van der Waals surface area contributed by atoms with Crippen LogP contribution in [0.3, 0.4) is 0 Å². The van der Waals surface area contributed by atoms with Gasteiger partial charge in [-0.2, -0.15) is 0 Å². The third kappa shape index (κ3) is 4.43. The molecule has 7 heteroatoms. The molecule has 164 valence electrons. The number of hydrogen-bond acceptors (Lipinski definition) is 6. The normalized spacial score (nSPS) is 13.8. The minimum Gasteiger partial charge on any atom is -0.497 e. The first-order chi connectivity index (χ1) is 15.6. The standard InChI is InChI=1S/C25H23NO5S/c1-3-13-30-19-11-9-17(10-12-19)22-23(32-16-21-8-5-14-31-21)25(28)26(24(22)27)18-6-4-7-20(15-18)29-2/h4-12,14-15H,3,13,16H2,1-2H3. The van der Waals surface area contributed by atoms with Crippen molar-refractivity contribution in [1.82, 2.24) is 0 Å². The number of rotatable bonds is 9. The van der Waals surface area contributed by atoms with Crippen LogP contribution in [0.4, 0.5) is 5.69 Å². The van der Waals surface area contributed by atoms with Gasteiger partial charge in [-0.05, 0) is 48.4 Å². The molecule has 4 rings (SSSR count). The van der Waals surface area contributed by atoms with E-state index >= 15 is 0 Å². The van der Waals surface area contributed by atoms with Gasteiger partial charge in [-0.15, -0.1) is 11.8 Å². The first-order valence-corrected chi connectivity index (χ1v) is 11.3. The highest BCUT2D eigenvalue weighted by Gasteiger charge is 2.40. The van der Waals surface area contributed by atoms with Gasteiger partial charge in [0.25, 0.3) is 11.8 Å². The number of furan rings is 1. The zero-order valence-electron chi connectivity index (χ0n) is 17.9. The number of carbonyl (C=O) groups excluding carboxylic acids is 2. The van der Waals surface area contributed by atoms with Gasteiger partial charge in [-0.3, -0.25) is 9.59 Å². The van der Waals surface area contributed by atoms with E-state index in [0.29, 0.717) is 39.8 Å². The lowest BCUT2D eigenvalue weighted by Crippen LogP contribution is -2.31. The molecular formula is C25H23NO5S. The second-order valence-corrected chi connectivity index (χ2v) is 8.08. The highest BCUT2D eigenvalue weighted by molar-refractivity contribution is 8.03. The Morgan fingerprint density at radius 3 is 2.47 bits per heavy atom. The van der Waals surface area contributed by atoms with Crippen LogP contribution in [0.2, 0.25) is 0 Å². The quantitative estimate of drug-likeness (QED) is 0.413. The maximum Gasteiger partial charge on any atom is 0.272 e. The lowest BCUT2D eigenvalue weighted by atomic mass is 10.1. The van der Waals surface area contributed by atoms with E-state index in [0.717, 1.165) is 17.9 Å². The zero-order chi connectivity index (χ0) is 22.5. The van der Waals surface area contributed by atoms with Gasteiger partial charge in [0.1, 0.15) is 17.3 Å². The Hall–Kier alpha value is -3.45. The molecule has 0 spiro atoms. The van der Waals surface area contributed by atoms with Crippen molar-refractivity contribution >= 4 is 34.8 Å². The van der Waals surface area contributed by atoms with Crippen LogP contribution in [0.5, 0.6) is 11.5 Å². The summed E-state index contributed by atoms with van der Waals surface area (Å²) in [6.07, 6.45) is 2.49. The Bertz CT molecular complexity index is 1140. The van der Waals surface area contributed by atoms with E-state index in [1.807, 2.05) is 37.3 Å². The Labute approximate surface area is 190 Å². The fourth-order valence-corrected chi connectivity index (χ4v) is 4.37. The third-order valence-electron chi connectivity index (χ3n) is 4.91. The van der Waals surface area contributed by atoms with Gasteiger partial charge in [-0.1, -0.05) is 25.1 Å². The Balaban J connectivity index is 1.70. The van der Waals surface area contributed by atoms with E-state index in [4.69, 9.17) is 13.9 Å². The lowest BCUT2D eigenvalue weighted by molar-refractivity contribution is -0.119. The maximum absolute atomic E-state index is 13.5. The van der Waals surface area contributed by atoms with Crippen LogP contribution in [-0.4, -0.2) is 25.5 Å². The number of amides is 2. The molecule has 0 unspecified atom stereocenters. The van der Waals surface area contributed by atoms with E-state index in [1.54, 1.807) is 43.7 Å². The summed E-state index contributed by atoms with van der Waals surface area (Å²) in [6, 6.07) is 17.8. The predicted molar refractivity (Wildman–Crippen MR) is 125 cm³/mol. The van der Waals surface area contributed by atoms with Crippen molar-refractivity contribution < 1.29 is 23.5 Å². The summed E-state index contributed by atoms with van der Waals surface area (Å²) in [7, 11) is 1.54. The highest BCUT2D eigenvalue weighted by atomic mass is 32.2. The maximum atomic E-state index is 13.5. The first-order valence-electron chi connectivity index (χ1n) is 10.3. The summed E-state index contributed by atoms with van der Waals surface area (Å²) in [6.45, 7) is 2.66. The largest absolute Gasteiger partial charge is 0.497 e. The topological polar surface area (TPSA) is 69.0 Å². The van der Waals surface area contributed by atoms with E-state index in [2.05, 4.69) is 0 Å². The molecule has 2 aromatic carbocycles. The van der Waals surface area contributed by atoms with Crippen LogP contribution in [0.1, 0.15) is 24.7 Å². The molecule has 0 aliphatic carbocycles. The van der Waals surface area contributed by atoms with Crippen LogP contribution in [0.25, 0.3) is 5.57 Å². The van der Waals surface area contributed by atoms with Gasteiger partial charge in [0.15, 0.2) is 0 Å². The van der Waals surface area contributed by atoms with Crippen molar-refractivity contribution in [2.45, 2.75) is 19.1 Å². The number of methoxy groups -OCH3 is 1. The average molecular weight is 450 g/mol. The molecule has 2 heterocycles. The molecule has 0 atom stereocenters. The van der Waals surface area contributed by atoms with E-state index in [1.165, 1.54) is 16.7 Å². The van der Waals surface area contributed by atoms with E-state index < -0.39 is 0 Å². The average Bonchev–Trinajstić information content (AvgIpc) is 3.42. The molecule has 0 fully saturated rings. The zero-order valence-corrected chi connectivity index (χ0v) is 18.7. The number of nitrogens with zero attached hydrogens (tertiary/aromatic N) is 1. The number of hydrogen-bond donors (Lipinski definition) is 0. The summed E-state index contributed by atoms with van der Waals surface area (Å²) in [5.74, 6) is 1.73. The molecule has 0 radical (unpaired) electrons. The summed E-state index contributed by atoms with van der Waals surface area (Å²) < 4.78 is 16.3. The molecule has 0 N–H and O–H groups in total. The molecule has 1 aliphatic heterocycles. The number of benzene rings is 2. The van der Waals surface area contributed by atoms with Crippen LogP contribution in [-0.2, 0) is 15.3 Å². The molecule has 0 saturated heterocycles. The molecule has 0 bridgehead atoms. The van der Waals surface area contributed by atoms with Crippen LogP contribution < -0.4 is 14.4 Å². The second kappa shape index (κ2) is 9.78. The molecule has 3 aromatic rings. The van der Waals surface area contributed by atoms with Crippen molar-refractivity contribution in [2.75, 3.05) is 18.6 Å². The fourth-order valence-electron chi connectivity index (χ4n) is 3.36. The summed E-state index contributed by atoms with van der Waals surface area (Å²) >= 11 is 1.29. The Morgan fingerprint density at radius 2 is 1.78 bits per heavy atom. The molecule has 1 aromatic heterocycles. The summed E-state index contributed by atoms with van der Waals surface area (Å²) in [5.41, 5.74) is 1.50. The van der Waals surface area contributed by atoms with Crippen LogP contribution in [0.15, 0.2) is 76.2 Å². The van der Waals surface area contributed by atoms with Gasteiger partial charge in [0.2, 0.25) is 0 Å². The van der Waals surface area contributed by atoms with Crippen molar-refractivity contribution in [1.29, 1.82) is 0 Å². The second-order valence-electron chi connectivity index (χ2n) is 7.09. The Kier molecular flexibility index (Phi) is 6.66. The first kappa shape index (κ1) is 21.8. The molecule has 1 aliphatic rings. The van der Waals surface area contributed by atoms with Gasteiger partial charge in [0, 0.05) is 6.07 Å². The number of thioether (sulfide) groups is 1. The van der Waals surface area contributed by atoms with Gasteiger partial charge < -0.3 is 13.9 Å². The van der Waals surface area contributed by atoms with E-state index in [9.17, 15) is 9.59 Å². The molecular weight excluding hydrogens is 426 g/mol. The van der Waals surface area contributed by atoms with Crippen molar-refractivity contribution in [3.8, 4) is 11.5 Å². The minimum atomic E-state index is -0.368. The molecule has 0 saturated carbocycles. The molecule has 32 heavy (non-hydrogen) atoms. The number of imide groups is 1. The minimum absolute atomic E-state index is 0.360. The molecule has 6 nitrogen and oxygen atoms in total. The smallest absolute Gasteiger partial charge is 0.272 e. The van der Waals surface area contributed by atoms with E-state index in [-0.39, 0.29) is 11.8 Å². The fraction of sp³-hybridized carbons (Fsp3) is 0.200. The molecule has 2 amide bonds. The number of anilines is 1. The summed E-state index contributed by atoms with van der Waals surface area (Å²) in [5, 5.41) is 0.